The minimum absolute atomic E-state index is 0.121. The number of imide groups is 1. The van der Waals surface area contributed by atoms with E-state index < -0.39 is 29.1 Å². The van der Waals surface area contributed by atoms with Crippen molar-refractivity contribution in [3.8, 4) is 33.8 Å². The number of hydrogen-bond acceptors (Lipinski definition) is 22. The molecular weight excluding hydrogens is 1710 g/mol. The highest BCUT2D eigenvalue weighted by atomic mass is 32.1. The highest BCUT2D eigenvalue weighted by Crippen LogP contribution is 2.43. The van der Waals surface area contributed by atoms with E-state index in [-0.39, 0.29) is 47.2 Å². The minimum Gasteiger partial charge on any atom is -0.490 e. The van der Waals surface area contributed by atoms with Gasteiger partial charge in [0.25, 0.3) is 11.8 Å². The van der Waals surface area contributed by atoms with Gasteiger partial charge in [-0.05, 0) is 307 Å². The van der Waals surface area contributed by atoms with Crippen LogP contribution < -0.4 is 40.1 Å². The Morgan fingerprint density at radius 3 is 1.50 bits per heavy atom. The second-order valence-electron chi connectivity index (χ2n) is 38.8. The summed E-state index contributed by atoms with van der Waals surface area (Å²) in [7, 11) is 1.93. The molecule has 4 fully saturated rings. The summed E-state index contributed by atoms with van der Waals surface area (Å²) < 4.78 is 29.3. The standard InChI is InChI=1S/C63H73N9O6S.C44H48N4O5S/c1-38-35-71(43-23-26-48-52(34-43)69(7)68-57(48)49-28-30-56(73)66-60(49)75)36-39(2)72(38)32-11-10-14-41-21-24-44(25-22-41)77-53-19-13-16-45(40(53)3)46-27-29-55(65-58(46)61(76)78-63(4,5)6)70-33-31-42-15-12-17-47(50(42)37-70)59(74)67-62-64-51-18-8-9-20-54(51)79-62;1-28-32(13-10-16-37(28)52-31-20-18-29(19-21-31)11-7-8-26-49)33-22-23-39(46-40(33)42(51)53-44(2,3)4)48-25-24-30-12-9-14-34(35(30)27-48)41(50)47-43-45-36-15-5-6-17-38(36)54-43/h8-9,12-13,15-20,23,26-27,29,34,38-39,41,44,49H,10-11,14,21-22,24-25,28,30-33,35-37H2,1-7H3,(H,64,67,74)(H,66,73,75);5-6,9-10,12-17,22-23,26,29,31H,7-8,11,18-21,24-25,27H2,1-4H3,(H,45,47,50)/t38-,39+,41?,44?,49?;. The number of aryl methyl sites for hydroxylation is 1. The fourth-order valence-electron chi connectivity index (χ4n) is 20.2. The number of para-hydroxylation sites is 2. The number of carbonyl (C=O) groups is 7. The summed E-state index contributed by atoms with van der Waals surface area (Å²) in [5.41, 5.74) is 14.0. The maximum atomic E-state index is 14.2. The first-order valence-electron chi connectivity index (χ1n) is 47.4. The highest BCUT2D eigenvalue weighted by molar-refractivity contribution is 7.22. The van der Waals surface area contributed by atoms with Crippen LogP contribution in [0.1, 0.15) is 245 Å². The maximum Gasteiger partial charge on any atom is 0.358 e. The van der Waals surface area contributed by atoms with E-state index >= 15 is 0 Å². The lowest BCUT2D eigenvalue weighted by molar-refractivity contribution is -0.134. The maximum absolute atomic E-state index is 14.2. The van der Waals surface area contributed by atoms with E-state index in [0.29, 0.717) is 114 Å². The van der Waals surface area contributed by atoms with Crippen LogP contribution in [-0.2, 0) is 56.8 Å². The van der Waals surface area contributed by atoms with Crippen LogP contribution in [0.25, 0.3) is 53.6 Å². The molecule has 6 aliphatic rings. The van der Waals surface area contributed by atoms with Gasteiger partial charge in [0.05, 0.1) is 49.8 Å². The number of aldehydes is 1. The molecule has 18 rings (SSSR count). The number of piperazine rings is 1. The molecule has 26 heteroatoms. The zero-order valence-electron chi connectivity index (χ0n) is 78.2. The molecule has 4 aliphatic heterocycles. The van der Waals surface area contributed by atoms with E-state index in [9.17, 15) is 33.6 Å². The van der Waals surface area contributed by atoms with Crippen LogP contribution in [0.2, 0.25) is 0 Å². The third kappa shape index (κ3) is 21.5. The number of hydrogen-bond donors (Lipinski definition) is 3. The first kappa shape index (κ1) is 92.6. The molecule has 4 amide bonds. The molecule has 7 aromatic carbocycles. The molecule has 5 aromatic heterocycles. The molecule has 9 heterocycles. The van der Waals surface area contributed by atoms with E-state index in [1.807, 2.05) is 194 Å². The monoisotopic (exact) mass is 1830 g/mol. The van der Waals surface area contributed by atoms with Crippen LogP contribution in [0.5, 0.6) is 11.5 Å². The third-order valence-electron chi connectivity index (χ3n) is 27.1. The van der Waals surface area contributed by atoms with Gasteiger partial charge in [-0.2, -0.15) is 5.10 Å². The number of fused-ring (bicyclic) bond motifs is 5. The van der Waals surface area contributed by atoms with Gasteiger partial charge in [0.2, 0.25) is 11.8 Å². The Morgan fingerprint density at radius 2 is 1.02 bits per heavy atom. The topological polar surface area (TPSA) is 275 Å². The Morgan fingerprint density at radius 1 is 0.526 bits per heavy atom. The molecular formula is C107H121N13O11S2. The molecule has 133 heavy (non-hydrogen) atoms. The molecule has 0 bridgehead atoms. The number of amides is 4. The quantitative estimate of drug-likeness (QED) is 0.0207. The van der Waals surface area contributed by atoms with Gasteiger partial charge in [-0.15, -0.1) is 0 Å². The van der Waals surface area contributed by atoms with Gasteiger partial charge in [0.1, 0.15) is 40.6 Å². The van der Waals surface area contributed by atoms with Crippen LogP contribution in [0.4, 0.5) is 27.6 Å². The lowest BCUT2D eigenvalue weighted by Gasteiger charge is -2.45. The number of pyridine rings is 2. The number of nitrogens with zero attached hydrogens (tertiary/aromatic N) is 10. The van der Waals surface area contributed by atoms with E-state index in [1.54, 1.807) is 0 Å². The van der Waals surface area contributed by atoms with Crippen molar-refractivity contribution in [3.63, 3.8) is 0 Å². The molecule has 1 unspecified atom stereocenters. The van der Waals surface area contributed by atoms with Gasteiger partial charge in [0.15, 0.2) is 21.7 Å². The van der Waals surface area contributed by atoms with Crippen molar-refractivity contribution in [3.05, 3.63) is 225 Å². The fourth-order valence-corrected chi connectivity index (χ4v) is 21.9. The molecule has 2 aliphatic carbocycles. The van der Waals surface area contributed by atoms with E-state index in [2.05, 4.69) is 96.6 Å². The number of piperidine rings is 1. The normalized spacial score (nSPS) is 19.5. The summed E-state index contributed by atoms with van der Waals surface area (Å²) in [5, 5.41) is 15.4. The SMILES string of the molecule is Cc1c(OC2CCC(CCCC=O)CC2)cccc1-c1ccc(N2CCc3cccc(C(=O)Nc4nc5ccccc5s4)c3C2)nc1C(=O)OC(C)(C)C.Cc1c(OC2CCC(CCCCN3[C@H](C)CN(c4ccc5c(C6CCC(=O)NC6=O)nn(C)c5c4)C[C@@H]3C)CC2)cccc1-c1ccc(N2CCc3cccc(C(=O)Nc4nc5ccccc5s4)c3C2)nc1C(=O)OC(C)(C)C. The number of rotatable bonds is 25. The number of unbranched alkanes of at least 4 members (excludes halogenated alkanes) is 2. The zero-order chi connectivity index (χ0) is 92.9. The molecule has 2 saturated heterocycles. The lowest BCUT2D eigenvalue weighted by Crippen LogP contribution is -2.57. The predicted octanol–water partition coefficient (Wildman–Crippen LogP) is 21.3. The summed E-state index contributed by atoms with van der Waals surface area (Å²) in [4.78, 5) is 120. The molecule has 24 nitrogen and oxygen atoms in total. The molecule has 3 N–H and O–H groups in total. The Bertz CT molecular complexity index is 6270. The smallest absolute Gasteiger partial charge is 0.358 e. The first-order chi connectivity index (χ1) is 64.1. The number of aromatic nitrogens is 6. The summed E-state index contributed by atoms with van der Waals surface area (Å²) in [6.07, 6.45) is 18.3. The van der Waals surface area contributed by atoms with Crippen molar-refractivity contribution in [2.75, 3.05) is 58.1 Å². The van der Waals surface area contributed by atoms with Crippen LogP contribution in [-0.4, -0.2) is 145 Å². The average Bonchev–Trinajstić information content (AvgIpc) is 1.65. The van der Waals surface area contributed by atoms with Gasteiger partial charge in [-0.3, -0.25) is 44.7 Å². The molecule has 0 radical (unpaired) electrons. The Labute approximate surface area is 786 Å². The summed E-state index contributed by atoms with van der Waals surface area (Å²) >= 11 is 2.91. The second kappa shape index (κ2) is 40.3. The van der Waals surface area contributed by atoms with Crippen molar-refractivity contribution in [1.82, 2.24) is 39.9 Å². The number of carbonyl (C=O) groups excluding carboxylic acids is 7. The number of benzene rings is 7. The van der Waals surface area contributed by atoms with Gasteiger partial charge in [0, 0.05) is 105 Å². The van der Waals surface area contributed by atoms with Crippen molar-refractivity contribution < 1.29 is 52.5 Å². The van der Waals surface area contributed by atoms with Crippen LogP contribution in [0.3, 0.4) is 0 Å². The molecule has 3 atom stereocenters. The largest absolute Gasteiger partial charge is 0.490 e. The van der Waals surface area contributed by atoms with E-state index in [0.717, 1.165) is 196 Å². The molecule has 0 spiro atoms. The van der Waals surface area contributed by atoms with Crippen molar-refractivity contribution in [2.45, 2.75) is 239 Å². The summed E-state index contributed by atoms with van der Waals surface area (Å²) in [6.45, 7) is 25.2. The lowest BCUT2D eigenvalue weighted by atomic mass is 9.84. The summed E-state index contributed by atoms with van der Waals surface area (Å²) in [6, 6.07) is 54.6. The van der Waals surface area contributed by atoms with Gasteiger partial charge in [-0.1, -0.05) is 115 Å². The zero-order valence-corrected chi connectivity index (χ0v) is 79.8. The van der Waals surface area contributed by atoms with Crippen molar-refractivity contribution in [2.24, 2.45) is 18.9 Å². The number of esters is 2. The fraction of sp³-hybridized carbons (Fsp3) is 0.421. The number of nitrogens with one attached hydrogen (secondary N) is 3. The van der Waals surface area contributed by atoms with E-state index in [1.165, 1.54) is 47.6 Å². The van der Waals surface area contributed by atoms with Gasteiger partial charge < -0.3 is 38.4 Å². The van der Waals surface area contributed by atoms with Crippen LogP contribution in [0.15, 0.2) is 164 Å². The number of anilines is 5. The molecule has 692 valence electrons. The Kier molecular flexibility index (Phi) is 28.0. The third-order valence-corrected chi connectivity index (χ3v) is 29.0. The van der Waals surface area contributed by atoms with Crippen LogP contribution in [0, 0.1) is 25.7 Å². The van der Waals surface area contributed by atoms with Crippen LogP contribution >= 0.6 is 22.7 Å². The van der Waals surface area contributed by atoms with Crippen molar-refractivity contribution >= 4 is 123 Å². The Hall–Kier alpha value is -12.3. The second-order valence-corrected chi connectivity index (χ2v) is 40.8. The van der Waals surface area contributed by atoms with Gasteiger partial charge in [-0.25, -0.2) is 29.5 Å². The number of ether oxygens (including phenoxy) is 4. The molecule has 12 aromatic rings. The van der Waals surface area contributed by atoms with Gasteiger partial charge >= 0.3 is 11.9 Å². The number of thiazole rings is 2. The predicted molar refractivity (Wildman–Crippen MR) is 527 cm³/mol. The Balaban J connectivity index is 0.000000199. The average molecular weight is 1830 g/mol. The summed E-state index contributed by atoms with van der Waals surface area (Å²) in [5.74, 6) is 1.98. The van der Waals surface area contributed by atoms with Crippen molar-refractivity contribution in [1.29, 1.82) is 0 Å². The highest BCUT2D eigenvalue weighted by Gasteiger charge is 2.37. The minimum atomic E-state index is -0.732. The molecule has 2 saturated carbocycles. The van der Waals surface area contributed by atoms with E-state index in [4.69, 9.17) is 34.0 Å². The first-order valence-corrected chi connectivity index (χ1v) is 49.0.